The maximum atomic E-state index is 13.9. The lowest BCUT2D eigenvalue weighted by Gasteiger charge is -2.21. The lowest BCUT2D eigenvalue weighted by molar-refractivity contribution is -0.0437. The first-order valence-electron chi connectivity index (χ1n) is 4.99. The predicted octanol–water partition coefficient (Wildman–Crippen LogP) is 3.42. The minimum Gasteiger partial charge on any atom is -0.214 e. The minimum atomic E-state index is -5.66. The number of hydrogen-bond donors (Lipinski definition) is 0. The van der Waals surface area contributed by atoms with E-state index in [1.54, 1.807) is 20.8 Å². The van der Waals surface area contributed by atoms with E-state index in [-0.39, 0.29) is 5.56 Å². The summed E-state index contributed by atoms with van der Waals surface area (Å²) < 4.78 is 73.4. The lowest BCUT2D eigenvalue weighted by atomic mass is 9.87. The van der Waals surface area contributed by atoms with Crippen LogP contribution in [0.3, 0.4) is 0 Å². The molecule has 2 nitrogen and oxygen atoms in total. The topological polar surface area (TPSA) is 34.1 Å². The normalized spacial score (nSPS) is 13.7. The summed E-state index contributed by atoms with van der Waals surface area (Å²) in [5, 5.41) is 0. The van der Waals surface area contributed by atoms with Crippen LogP contribution in [-0.2, 0) is 15.3 Å². The third-order valence-electron chi connectivity index (χ3n) is 2.37. The van der Waals surface area contributed by atoms with E-state index in [0.717, 1.165) is 6.07 Å². The maximum absolute atomic E-state index is 13.9. The Balaban J connectivity index is 3.57. The van der Waals surface area contributed by atoms with Crippen molar-refractivity contribution in [2.45, 2.75) is 36.6 Å². The van der Waals surface area contributed by atoms with Gasteiger partial charge in [-0.15, -0.1) is 0 Å². The van der Waals surface area contributed by atoms with E-state index in [4.69, 9.17) is 0 Å². The van der Waals surface area contributed by atoms with Gasteiger partial charge in [-0.05, 0) is 17.0 Å². The van der Waals surface area contributed by atoms with Gasteiger partial charge in [-0.2, -0.15) is 13.2 Å². The van der Waals surface area contributed by atoms with E-state index in [9.17, 15) is 26.0 Å². The smallest absolute Gasteiger partial charge is 0.214 e. The van der Waals surface area contributed by atoms with Crippen LogP contribution >= 0.6 is 0 Å². The molecule has 0 N–H and O–H groups in total. The van der Waals surface area contributed by atoms with Crippen LogP contribution < -0.4 is 0 Å². The Morgan fingerprint density at radius 1 is 1.06 bits per heavy atom. The number of rotatable bonds is 1. The van der Waals surface area contributed by atoms with Crippen molar-refractivity contribution < 1.29 is 26.0 Å². The molecular formula is C11H12F4O2S. The summed E-state index contributed by atoms with van der Waals surface area (Å²) in [5.74, 6) is -1.35. The van der Waals surface area contributed by atoms with Gasteiger partial charge in [-0.1, -0.05) is 32.9 Å². The third-order valence-corrected chi connectivity index (χ3v) is 3.87. The Labute approximate surface area is 103 Å². The first kappa shape index (κ1) is 14.9. The highest BCUT2D eigenvalue weighted by atomic mass is 32.2. The second-order valence-electron chi connectivity index (χ2n) is 4.82. The van der Waals surface area contributed by atoms with Crippen molar-refractivity contribution in [3.8, 4) is 0 Å². The Hall–Kier alpha value is -1.11. The Bertz CT molecular complexity index is 553. The zero-order chi connectivity index (χ0) is 14.4. The Morgan fingerprint density at radius 2 is 1.56 bits per heavy atom. The van der Waals surface area contributed by atoms with Crippen LogP contribution in [0.2, 0.25) is 0 Å². The molecule has 0 saturated heterocycles. The molecule has 0 aliphatic heterocycles. The van der Waals surface area contributed by atoms with E-state index in [1.165, 1.54) is 6.07 Å². The molecule has 0 amide bonds. The summed E-state index contributed by atoms with van der Waals surface area (Å²) in [5.41, 5.74) is -6.38. The van der Waals surface area contributed by atoms with E-state index < -0.39 is 31.5 Å². The number of sulfone groups is 1. The van der Waals surface area contributed by atoms with Gasteiger partial charge < -0.3 is 0 Å². The third kappa shape index (κ3) is 2.50. The number of benzene rings is 1. The quantitative estimate of drug-likeness (QED) is 0.740. The number of hydrogen-bond acceptors (Lipinski definition) is 2. The number of alkyl halides is 3. The average Bonchev–Trinajstić information content (AvgIpc) is 2.13. The zero-order valence-corrected chi connectivity index (χ0v) is 10.8. The zero-order valence-electron chi connectivity index (χ0n) is 9.97. The molecule has 0 unspecified atom stereocenters. The number of halogens is 4. The van der Waals surface area contributed by atoms with E-state index in [2.05, 4.69) is 0 Å². The first-order valence-corrected chi connectivity index (χ1v) is 6.47. The molecule has 0 saturated carbocycles. The Kier molecular flexibility index (Phi) is 3.51. The second kappa shape index (κ2) is 4.22. The molecular weight excluding hydrogens is 272 g/mol. The van der Waals surface area contributed by atoms with Crippen LogP contribution in [0, 0.1) is 5.82 Å². The summed E-state index contributed by atoms with van der Waals surface area (Å²) in [6.07, 6.45) is 0. The molecule has 0 heterocycles. The highest BCUT2D eigenvalue weighted by Gasteiger charge is 2.48. The molecule has 0 aromatic heterocycles. The molecule has 1 aromatic carbocycles. The van der Waals surface area contributed by atoms with E-state index in [1.807, 2.05) is 0 Å². The fraction of sp³-hybridized carbons (Fsp3) is 0.455. The standard InChI is InChI=1S/C11H12F4O2S/c1-10(2,3)7-5-4-6-8(9(7)12)18(16,17)11(13,14)15/h4-6H,1-3H3. The average molecular weight is 284 g/mol. The van der Waals surface area contributed by atoms with Gasteiger partial charge in [0, 0.05) is 0 Å². The molecule has 18 heavy (non-hydrogen) atoms. The van der Waals surface area contributed by atoms with Crippen molar-refractivity contribution in [1.29, 1.82) is 0 Å². The van der Waals surface area contributed by atoms with Crippen LogP contribution in [0.15, 0.2) is 23.1 Å². The van der Waals surface area contributed by atoms with Gasteiger partial charge in [0.25, 0.3) is 9.84 Å². The molecule has 1 rings (SSSR count). The molecule has 102 valence electrons. The summed E-state index contributed by atoms with van der Waals surface area (Å²) in [7, 11) is -5.66. The van der Waals surface area contributed by atoms with Crippen LogP contribution in [0.25, 0.3) is 0 Å². The van der Waals surface area contributed by atoms with Crippen molar-refractivity contribution >= 4 is 9.84 Å². The van der Waals surface area contributed by atoms with Gasteiger partial charge in [0.05, 0.1) is 0 Å². The van der Waals surface area contributed by atoms with Gasteiger partial charge in [0.2, 0.25) is 0 Å². The lowest BCUT2D eigenvalue weighted by Crippen LogP contribution is -2.25. The molecule has 0 atom stereocenters. The monoisotopic (exact) mass is 284 g/mol. The Morgan fingerprint density at radius 3 is 1.94 bits per heavy atom. The fourth-order valence-corrected chi connectivity index (χ4v) is 2.28. The van der Waals surface area contributed by atoms with Gasteiger partial charge in [-0.25, -0.2) is 12.8 Å². The SMILES string of the molecule is CC(C)(C)c1cccc(S(=O)(=O)C(F)(F)F)c1F. The molecule has 0 aliphatic rings. The summed E-state index contributed by atoms with van der Waals surface area (Å²) in [6.45, 7) is 4.74. The van der Waals surface area contributed by atoms with Gasteiger partial charge in [0.1, 0.15) is 10.7 Å². The molecule has 0 spiro atoms. The van der Waals surface area contributed by atoms with Gasteiger partial charge >= 0.3 is 5.51 Å². The van der Waals surface area contributed by atoms with Crippen molar-refractivity contribution in [3.63, 3.8) is 0 Å². The van der Waals surface area contributed by atoms with Gasteiger partial charge in [-0.3, -0.25) is 0 Å². The largest absolute Gasteiger partial charge is 0.502 e. The van der Waals surface area contributed by atoms with Crippen molar-refractivity contribution in [1.82, 2.24) is 0 Å². The molecule has 0 aliphatic carbocycles. The van der Waals surface area contributed by atoms with Crippen LogP contribution in [0.1, 0.15) is 26.3 Å². The van der Waals surface area contributed by atoms with Crippen molar-refractivity contribution in [3.05, 3.63) is 29.6 Å². The van der Waals surface area contributed by atoms with E-state index >= 15 is 0 Å². The minimum absolute atomic E-state index is 0.0761. The van der Waals surface area contributed by atoms with Crippen LogP contribution in [-0.4, -0.2) is 13.9 Å². The summed E-state index contributed by atoms with van der Waals surface area (Å²) in [4.78, 5) is -1.33. The second-order valence-corrected chi connectivity index (χ2v) is 6.73. The fourth-order valence-electron chi connectivity index (χ4n) is 1.42. The first-order chi connectivity index (χ1) is 7.89. The van der Waals surface area contributed by atoms with Crippen LogP contribution in [0.5, 0.6) is 0 Å². The molecule has 1 aromatic rings. The van der Waals surface area contributed by atoms with Crippen LogP contribution in [0.4, 0.5) is 17.6 Å². The van der Waals surface area contributed by atoms with Gasteiger partial charge in [0.15, 0.2) is 0 Å². The maximum Gasteiger partial charge on any atom is 0.502 e. The predicted molar refractivity (Wildman–Crippen MR) is 58.3 cm³/mol. The van der Waals surface area contributed by atoms with Crippen molar-refractivity contribution in [2.75, 3.05) is 0 Å². The molecule has 0 fully saturated rings. The molecule has 0 radical (unpaired) electrons. The molecule has 0 bridgehead atoms. The summed E-state index contributed by atoms with van der Waals surface area (Å²) in [6, 6.07) is 2.99. The van der Waals surface area contributed by atoms with Crippen molar-refractivity contribution in [2.24, 2.45) is 0 Å². The molecule has 7 heteroatoms. The summed E-state index contributed by atoms with van der Waals surface area (Å²) >= 11 is 0. The van der Waals surface area contributed by atoms with E-state index in [0.29, 0.717) is 6.07 Å². The highest BCUT2D eigenvalue weighted by molar-refractivity contribution is 7.92. The highest BCUT2D eigenvalue weighted by Crippen LogP contribution is 2.35.